The summed E-state index contributed by atoms with van der Waals surface area (Å²) < 4.78 is 5.37. The SMILES string of the molecule is CCCCc1ccc2c(N)c(C(=O)Nc3sc4c(c3C(=O)OCC)CCc3ccccc3-4)sc2n1. The van der Waals surface area contributed by atoms with Gasteiger partial charge in [0.05, 0.1) is 17.9 Å². The number of nitrogens with two attached hydrogens (primary N) is 1. The Morgan fingerprint density at radius 1 is 1.11 bits per heavy atom. The van der Waals surface area contributed by atoms with E-state index in [-0.39, 0.29) is 12.5 Å². The summed E-state index contributed by atoms with van der Waals surface area (Å²) in [5, 5.41) is 4.27. The molecule has 1 aliphatic carbocycles. The van der Waals surface area contributed by atoms with Gasteiger partial charge in [0.1, 0.15) is 14.7 Å². The van der Waals surface area contributed by atoms with Crippen LogP contribution < -0.4 is 11.1 Å². The van der Waals surface area contributed by atoms with E-state index < -0.39 is 5.97 Å². The van der Waals surface area contributed by atoms with E-state index in [9.17, 15) is 9.59 Å². The summed E-state index contributed by atoms with van der Waals surface area (Å²) in [6, 6.07) is 12.1. The summed E-state index contributed by atoms with van der Waals surface area (Å²) in [4.78, 5) is 33.2. The fraction of sp³-hybridized carbons (Fsp3) is 0.296. The predicted molar refractivity (Wildman–Crippen MR) is 144 cm³/mol. The molecule has 1 aliphatic rings. The number of amides is 1. The first-order chi connectivity index (χ1) is 17.0. The number of ether oxygens (including phenoxy) is 1. The third kappa shape index (κ3) is 4.32. The summed E-state index contributed by atoms with van der Waals surface area (Å²) in [5.41, 5.74) is 11.5. The summed E-state index contributed by atoms with van der Waals surface area (Å²) in [6.07, 6.45) is 4.63. The molecule has 4 aromatic rings. The van der Waals surface area contributed by atoms with Crippen molar-refractivity contribution in [1.82, 2.24) is 4.98 Å². The Bertz CT molecular complexity index is 1440. The number of nitrogens with one attached hydrogen (secondary N) is 1. The Morgan fingerprint density at radius 2 is 1.94 bits per heavy atom. The van der Waals surface area contributed by atoms with Crippen LogP contribution >= 0.6 is 22.7 Å². The molecule has 8 heteroatoms. The highest BCUT2D eigenvalue weighted by atomic mass is 32.1. The highest BCUT2D eigenvalue weighted by Crippen LogP contribution is 2.46. The van der Waals surface area contributed by atoms with Gasteiger partial charge in [-0.05, 0) is 61.4 Å². The molecular weight excluding hydrogens is 478 g/mol. The van der Waals surface area contributed by atoms with E-state index in [4.69, 9.17) is 15.5 Å². The van der Waals surface area contributed by atoms with Crippen molar-refractivity contribution >= 4 is 55.5 Å². The lowest BCUT2D eigenvalue weighted by atomic mass is 9.89. The van der Waals surface area contributed by atoms with Crippen molar-refractivity contribution in [2.45, 2.75) is 46.0 Å². The minimum absolute atomic E-state index is 0.267. The number of aromatic nitrogens is 1. The van der Waals surface area contributed by atoms with Crippen LogP contribution in [0.3, 0.4) is 0 Å². The first kappa shape index (κ1) is 23.5. The molecule has 180 valence electrons. The number of thiophene rings is 2. The Hall–Kier alpha value is -3.23. The van der Waals surface area contributed by atoms with Crippen molar-refractivity contribution in [2.24, 2.45) is 0 Å². The van der Waals surface area contributed by atoms with Crippen molar-refractivity contribution in [3.05, 3.63) is 63.7 Å². The molecule has 1 aromatic carbocycles. The topological polar surface area (TPSA) is 94.3 Å². The second-order valence-corrected chi connectivity index (χ2v) is 10.6. The number of fused-ring (bicyclic) bond motifs is 4. The minimum atomic E-state index is -0.411. The van der Waals surface area contributed by atoms with Crippen LogP contribution in [-0.2, 0) is 24.0 Å². The number of rotatable bonds is 7. The van der Waals surface area contributed by atoms with Crippen molar-refractivity contribution in [2.75, 3.05) is 17.7 Å². The number of esters is 1. The van der Waals surface area contributed by atoms with Crippen molar-refractivity contribution in [3.8, 4) is 10.4 Å². The first-order valence-corrected chi connectivity index (χ1v) is 13.5. The van der Waals surface area contributed by atoms with E-state index in [0.717, 1.165) is 64.0 Å². The zero-order valence-electron chi connectivity index (χ0n) is 19.8. The van der Waals surface area contributed by atoms with Crippen LogP contribution in [0.2, 0.25) is 0 Å². The van der Waals surface area contributed by atoms with E-state index in [1.54, 1.807) is 6.92 Å². The molecule has 3 N–H and O–H groups in total. The van der Waals surface area contributed by atoms with Crippen LogP contribution in [0.5, 0.6) is 0 Å². The number of benzene rings is 1. The molecule has 3 aromatic heterocycles. The van der Waals surface area contributed by atoms with Crippen molar-refractivity contribution in [3.63, 3.8) is 0 Å². The number of carbonyl (C=O) groups is 2. The molecule has 0 unspecified atom stereocenters. The molecule has 0 saturated heterocycles. The third-order valence-electron chi connectivity index (χ3n) is 6.26. The van der Waals surface area contributed by atoms with Crippen LogP contribution in [0.15, 0.2) is 36.4 Å². The Balaban J connectivity index is 1.52. The molecule has 35 heavy (non-hydrogen) atoms. The first-order valence-electron chi connectivity index (χ1n) is 11.9. The number of carbonyl (C=O) groups excluding carboxylic acids is 2. The monoisotopic (exact) mass is 505 g/mol. The smallest absolute Gasteiger partial charge is 0.341 e. The number of nitrogens with zero attached hydrogens (tertiary/aromatic N) is 1. The maximum absolute atomic E-state index is 13.4. The standard InChI is InChI=1S/C27H27N3O3S2/c1-3-5-9-16-12-14-19-21(28)23(35-25(19)29-16)24(31)30-26-20(27(32)33-4-2)18-13-11-15-8-6-7-10-17(15)22(18)34-26/h6-8,10,12,14H,3-5,9,11,13,28H2,1-2H3,(H,30,31). The second kappa shape index (κ2) is 9.79. The molecule has 1 amide bonds. The number of pyridine rings is 1. The zero-order valence-corrected chi connectivity index (χ0v) is 21.4. The summed E-state index contributed by atoms with van der Waals surface area (Å²) in [5.74, 6) is -0.746. The lowest BCUT2D eigenvalue weighted by molar-refractivity contribution is 0.0527. The van der Waals surface area contributed by atoms with Gasteiger partial charge in [-0.2, -0.15) is 0 Å². The van der Waals surface area contributed by atoms with Crippen LogP contribution in [0.25, 0.3) is 20.7 Å². The number of hydrogen-bond donors (Lipinski definition) is 2. The molecule has 0 saturated carbocycles. The Kier molecular flexibility index (Phi) is 6.58. The van der Waals surface area contributed by atoms with E-state index in [0.29, 0.717) is 21.1 Å². The van der Waals surface area contributed by atoms with Gasteiger partial charge < -0.3 is 15.8 Å². The lowest BCUT2D eigenvalue weighted by Crippen LogP contribution is -2.16. The van der Waals surface area contributed by atoms with Gasteiger partial charge in [-0.25, -0.2) is 9.78 Å². The molecule has 0 bridgehead atoms. The van der Waals surface area contributed by atoms with E-state index in [1.807, 2.05) is 24.3 Å². The maximum Gasteiger partial charge on any atom is 0.341 e. The van der Waals surface area contributed by atoms with Crippen molar-refractivity contribution in [1.29, 1.82) is 0 Å². The normalized spacial score (nSPS) is 12.3. The molecule has 6 nitrogen and oxygen atoms in total. The Labute approximate surface area is 212 Å². The quantitative estimate of drug-likeness (QED) is 0.281. The number of hydrogen-bond acceptors (Lipinski definition) is 7. The van der Waals surface area contributed by atoms with Gasteiger partial charge in [0.15, 0.2) is 0 Å². The van der Waals surface area contributed by atoms with Crippen LogP contribution in [0, 0.1) is 0 Å². The van der Waals surface area contributed by atoms with Gasteiger partial charge in [0, 0.05) is 16.0 Å². The van der Waals surface area contributed by atoms with Crippen LogP contribution in [0.1, 0.15) is 63.5 Å². The molecule has 0 spiro atoms. The van der Waals surface area contributed by atoms with Gasteiger partial charge in [0.2, 0.25) is 0 Å². The highest BCUT2D eigenvalue weighted by Gasteiger charge is 2.30. The fourth-order valence-corrected chi connectivity index (χ4v) is 6.81. The molecule has 0 radical (unpaired) electrons. The van der Waals surface area contributed by atoms with Gasteiger partial charge in [-0.15, -0.1) is 22.7 Å². The van der Waals surface area contributed by atoms with Gasteiger partial charge >= 0.3 is 5.97 Å². The highest BCUT2D eigenvalue weighted by molar-refractivity contribution is 7.22. The minimum Gasteiger partial charge on any atom is -0.462 e. The summed E-state index contributed by atoms with van der Waals surface area (Å²) in [6.45, 7) is 4.20. The van der Waals surface area contributed by atoms with Crippen LogP contribution in [-0.4, -0.2) is 23.5 Å². The molecule has 5 rings (SSSR count). The molecule has 0 aliphatic heterocycles. The van der Waals surface area contributed by atoms with E-state index in [1.165, 1.54) is 28.2 Å². The third-order valence-corrected chi connectivity index (χ3v) is 8.56. The van der Waals surface area contributed by atoms with E-state index >= 15 is 0 Å². The average molecular weight is 506 g/mol. The number of nitrogen functional groups attached to an aromatic ring is 1. The second-order valence-electron chi connectivity index (χ2n) is 8.55. The molecule has 0 atom stereocenters. The average Bonchev–Trinajstić information content (AvgIpc) is 3.40. The van der Waals surface area contributed by atoms with Gasteiger partial charge in [-0.1, -0.05) is 37.6 Å². The number of aryl methyl sites for hydroxylation is 2. The predicted octanol–water partition coefficient (Wildman–Crippen LogP) is 6.48. The lowest BCUT2D eigenvalue weighted by Gasteiger charge is -2.16. The summed E-state index contributed by atoms with van der Waals surface area (Å²) in [7, 11) is 0. The Morgan fingerprint density at radius 3 is 2.74 bits per heavy atom. The van der Waals surface area contributed by atoms with Crippen LogP contribution in [0.4, 0.5) is 10.7 Å². The molecular formula is C27H27N3O3S2. The fourth-order valence-electron chi connectivity index (χ4n) is 4.51. The largest absolute Gasteiger partial charge is 0.462 e. The zero-order chi connectivity index (χ0) is 24.5. The van der Waals surface area contributed by atoms with Crippen molar-refractivity contribution < 1.29 is 14.3 Å². The molecule has 3 heterocycles. The number of unbranched alkanes of at least 4 members (excludes halogenated alkanes) is 1. The number of anilines is 2. The maximum atomic E-state index is 13.4. The van der Waals surface area contributed by atoms with E-state index in [2.05, 4.69) is 24.4 Å². The van der Waals surface area contributed by atoms with Gasteiger partial charge in [0.25, 0.3) is 5.91 Å². The summed E-state index contributed by atoms with van der Waals surface area (Å²) >= 11 is 2.71. The molecule has 0 fully saturated rings. The van der Waals surface area contributed by atoms with Gasteiger partial charge in [-0.3, -0.25) is 4.79 Å².